The van der Waals surface area contributed by atoms with Crippen molar-refractivity contribution in [2.45, 2.75) is 19.4 Å². The second-order valence-corrected chi connectivity index (χ2v) is 7.83. The second-order valence-electron chi connectivity index (χ2n) is 7.83. The van der Waals surface area contributed by atoms with Crippen LogP contribution in [0.2, 0.25) is 0 Å². The van der Waals surface area contributed by atoms with Crippen LogP contribution in [0, 0.1) is 0 Å². The first-order valence-electron chi connectivity index (χ1n) is 10.8. The summed E-state index contributed by atoms with van der Waals surface area (Å²) in [5, 5.41) is 7.89. The third-order valence-electron chi connectivity index (χ3n) is 5.63. The molecule has 5 rings (SSSR count). The van der Waals surface area contributed by atoms with Gasteiger partial charge in [-0.3, -0.25) is 4.98 Å². The summed E-state index contributed by atoms with van der Waals surface area (Å²) < 4.78 is 2.27. The molecule has 0 radical (unpaired) electrons. The first-order chi connectivity index (χ1) is 15.8. The van der Waals surface area contributed by atoms with Gasteiger partial charge in [0.1, 0.15) is 0 Å². The third-order valence-corrected chi connectivity index (χ3v) is 5.63. The van der Waals surface area contributed by atoms with Crippen LogP contribution in [0.1, 0.15) is 12.0 Å². The number of hydrogen-bond donors (Lipinski definition) is 2. The Morgan fingerprint density at radius 3 is 2.62 bits per heavy atom. The lowest BCUT2D eigenvalue weighted by atomic mass is 10.1. The van der Waals surface area contributed by atoms with Crippen molar-refractivity contribution in [1.82, 2.24) is 9.55 Å². The first kappa shape index (κ1) is 19.8. The van der Waals surface area contributed by atoms with Crippen LogP contribution in [0.4, 0.5) is 16.2 Å². The number of carbonyl (C=O) groups is 1. The number of carbonyl (C=O) groups excluding carboxylic acids is 1. The molecular weight excluding hydrogens is 396 g/mol. The molecule has 0 aliphatic rings. The van der Waals surface area contributed by atoms with Crippen LogP contribution in [-0.4, -0.2) is 15.6 Å². The molecule has 0 unspecified atom stereocenters. The van der Waals surface area contributed by atoms with Crippen LogP contribution < -0.4 is 10.6 Å². The lowest BCUT2D eigenvalue weighted by Crippen LogP contribution is -2.19. The number of amides is 2. The minimum Gasteiger partial charge on any atom is -0.347 e. The quantitative estimate of drug-likeness (QED) is 0.331. The van der Waals surface area contributed by atoms with E-state index in [-0.39, 0.29) is 6.03 Å². The van der Waals surface area contributed by atoms with Crippen molar-refractivity contribution in [2.75, 3.05) is 10.6 Å². The van der Waals surface area contributed by atoms with Crippen molar-refractivity contribution < 1.29 is 4.79 Å². The number of aryl methyl sites for hydroxylation is 2. The molecule has 0 aliphatic heterocycles. The van der Waals surface area contributed by atoms with E-state index in [4.69, 9.17) is 0 Å². The molecule has 0 fully saturated rings. The lowest BCUT2D eigenvalue weighted by Gasteiger charge is -2.10. The van der Waals surface area contributed by atoms with Gasteiger partial charge in [0.05, 0.1) is 11.2 Å². The van der Waals surface area contributed by atoms with Gasteiger partial charge in [-0.2, -0.15) is 0 Å². The number of rotatable bonds is 6. The van der Waals surface area contributed by atoms with Gasteiger partial charge in [-0.1, -0.05) is 48.5 Å². The van der Waals surface area contributed by atoms with Crippen molar-refractivity contribution >= 4 is 39.2 Å². The third kappa shape index (κ3) is 4.32. The van der Waals surface area contributed by atoms with Crippen molar-refractivity contribution in [3.63, 3.8) is 0 Å². The maximum Gasteiger partial charge on any atom is 0.323 e. The Morgan fingerprint density at radius 1 is 0.875 bits per heavy atom. The van der Waals surface area contributed by atoms with Crippen LogP contribution >= 0.6 is 0 Å². The predicted molar refractivity (Wildman–Crippen MR) is 131 cm³/mol. The van der Waals surface area contributed by atoms with Crippen molar-refractivity contribution in [3.05, 3.63) is 103 Å². The number of nitrogens with zero attached hydrogens (tertiary/aromatic N) is 2. The number of urea groups is 1. The normalized spacial score (nSPS) is 11.0. The van der Waals surface area contributed by atoms with Gasteiger partial charge in [-0.15, -0.1) is 0 Å². The Morgan fingerprint density at radius 2 is 1.72 bits per heavy atom. The number of benzene rings is 3. The minimum atomic E-state index is -0.275. The number of anilines is 2. The number of para-hydroxylation sites is 1. The minimum absolute atomic E-state index is 0.275. The summed E-state index contributed by atoms with van der Waals surface area (Å²) in [5.41, 5.74) is 4.88. The average molecular weight is 421 g/mol. The summed E-state index contributed by atoms with van der Waals surface area (Å²) >= 11 is 0. The van der Waals surface area contributed by atoms with Crippen molar-refractivity contribution in [1.29, 1.82) is 0 Å². The standard InChI is InChI=1S/C27H24N4O/c32-27(30-25-14-16-28-24-11-5-4-10-23(24)25)29-22-12-13-26-21(19-22)15-18-31(26)17-6-9-20-7-2-1-3-8-20/h1-5,7-8,10-16,18-19H,6,9,17H2,(H2,28,29,30,32). The van der Waals surface area contributed by atoms with E-state index in [1.165, 1.54) is 11.1 Å². The van der Waals surface area contributed by atoms with Crippen LogP contribution in [0.15, 0.2) is 97.3 Å². The fraction of sp³-hybridized carbons (Fsp3) is 0.111. The van der Waals surface area contributed by atoms with E-state index < -0.39 is 0 Å². The molecule has 158 valence electrons. The molecule has 0 aliphatic carbocycles. The van der Waals surface area contributed by atoms with E-state index in [0.717, 1.165) is 47.1 Å². The fourth-order valence-electron chi connectivity index (χ4n) is 4.06. The summed E-state index contributed by atoms with van der Waals surface area (Å²) in [7, 11) is 0. The smallest absolute Gasteiger partial charge is 0.323 e. The molecule has 2 N–H and O–H groups in total. The molecule has 0 saturated carbocycles. The van der Waals surface area contributed by atoms with Gasteiger partial charge in [-0.25, -0.2) is 4.79 Å². The number of nitrogens with one attached hydrogen (secondary N) is 2. The average Bonchev–Trinajstić information content (AvgIpc) is 3.22. The maximum atomic E-state index is 12.6. The summed E-state index contributed by atoms with van der Waals surface area (Å²) in [4.78, 5) is 16.9. The molecule has 32 heavy (non-hydrogen) atoms. The molecule has 5 nitrogen and oxygen atoms in total. The SMILES string of the molecule is O=C(Nc1ccc2c(ccn2CCCc2ccccc2)c1)Nc1ccnc2ccccc12. The summed E-state index contributed by atoms with van der Waals surface area (Å²) in [6, 6.07) is 28.0. The molecule has 2 aromatic heterocycles. The molecule has 5 aromatic rings. The topological polar surface area (TPSA) is 59.0 Å². The van der Waals surface area contributed by atoms with Gasteiger partial charge in [0.15, 0.2) is 0 Å². The Kier molecular flexibility index (Phi) is 5.54. The highest BCUT2D eigenvalue weighted by Crippen LogP contribution is 2.23. The lowest BCUT2D eigenvalue weighted by molar-refractivity contribution is 0.262. The van der Waals surface area contributed by atoms with Crippen LogP contribution in [0.25, 0.3) is 21.8 Å². The Hall–Kier alpha value is -4.12. The Bertz CT molecular complexity index is 1370. The van der Waals surface area contributed by atoms with Gasteiger partial charge >= 0.3 is 6.03 Å². The summed E-state index contributed by atoms with van der Waals surface area (Å²) in [6.07, 6.45) is 5.95. The Balaban J connectivity index is 1.24. The van der Waals surface area contributed by atoms with Gasteiger partial charge < -0.3 is 15.2 Å². The molecule has 2 amide bonds. The van der Waals surface area contributed by atoms with Gasteiger partial charge in [-0.05, 0) is 54.8 Å². The molecule has 0 spiro atoms. The zero-order valence-corrected chi connectivity index (χ0v) is 17.7. The zero-order valence-electron chi connectivity index (χ0n) is 17.7. The van der Waals surface area contributed by atoms with E-state index in [0.29, 0.717) is 0 Å². The van der Waals surface area contributed by atoms with Crippen molar-refractivity contribution in [3.8, 4) is 0 Å². The number of fused-ring (bicyclic) bond motifs is 2. The van der Waals surface area contributed by atoms with E-state index >= 15 is 0 Å². The number of aromatic nitrogens is 2. The summed E-state index contributed by atoms with van der Waals surface area (Å²) in [5.74, 6) is 0. The van der Waals surface area contributed by atoms with E-state index in [1.807, 2.05) is 42.5 Å². The molecule has 5 heteroatoms. The van der Waals surface area contributed by atoms with Gasteiger partial charge in [0.2, 0.25) is 0 Å². The highest BCUT2D eigenvalue weighted by atomic mass is 16.2. The molecular formula is C27H24N4O. The monoisotopic (exact) mass is 420 g/mol. The van der Waals surface area contributed by atoms with E-state index in [9.17, 15) is 4.79 Å². The first-order valence-corrected chi connectivity index (χ1v) is 10.8. The second kappa shape index (κ2) is 8.94. The molecule has 0 saturated heterocycles. The molecule has 3 aromatic carbocycles. The fourth-order valence-corrected chi connectivity index (χ4v) is 4.06. The maximum absolute atomic E-state index is 12.6. The number of hydrogen-bond acceptors (Lipinski definition) is 2. The Labute approximate surface area is 186 Å². The largest absolute Gasteiger partial charge is 0.347 e. The number of pyridine rings is 1. The van der Waals surface area contributed by atoms with E-state index in [2.05, 4.69) is 62.8 Å². The predicted octanol–water partition coefficient (Wildman–Crippen LogP) is 6.47. The van der Waals surface area contributed by atoms with Gasteiger partial charge in [0.25, 0.3) is 0 Å². The van der Waals surface area contributed by atoms with Crippen LogP contribution in [-0.2, 0) is 13.0 Å². The van der Waals surface area contributed by atoms with Crippen molar-refractivity contribution in [2.24, 2.45) is 0 Å². The van der Waals surface area contributed by atoms with Gasteiger partial charge in [0, 0.05) is 40.9 Å². The molecule has 0 bridgehead atoms. The highest BCUT2D eigenvalue weighted by molar-refractivity contribution is 6.06. The molecule has 2 heterocycles. The zero-order chi connectivity index (χ0) is 21.8. The van der Waals surface area contributed by atoms with E-state index in [1.54, 1.807) is 12.3 Å². The summed E-state index contributed by atoms with van der Waals surface area (Å²) in [6.45, 7) is 0.959. The highest BCUT2D eigenvalue weighted by Gasteiger charge is 2.08. The van der Waals surface area contributed by atoms with Crippen LogP contribution in [0.3, 0.4) is 0 Å². The van der Waals surface area contributed by atoms with Crippen LogP contribution in [0.5, 0.6) is 0 Å². The molecule has 0 atom stereocenters.